The highest BCUT2D eigenvalue weighted by Gasteiger charge is 2.06. The molecule has 0 aliphatic rings. The molecule has 0 aliphatic heterocycles. The highest BCUT2D eigenvalue weighted by molar-refractivity contribution is 5.92. The number of pyridine rings is 1. The number of hydrogen-bond acceptors (Lipinski definition) is 2. The summed E-state index contributed by atoms with van der Waals surface area (Å²) in [5, 5.41) is 8.63. The smallest absolute Gasteiger partial charge is 0.352 e. The summed E-state index contributed by atoms with van der Waals surface area (Å²) in [6.07, 6.45) is 1.63. The fourth-order valence-electron chi connectivity index (χ4n) is 1.07. The lowest BCUT2D eigenvalue weighted by Gasteiger charge is -1.83. The number of hydrogen-bond donors (Lipinski definition) is 2. The lowest BCUT2D eigenvalue weighted by Crippen LogP contribution is -1.94. The highest BCUT2D eigenvalue weighted by Crippen LogP contribution is 2.11. The molecule has 12 heavy (non-hydrogen) atoms. The lowest BCUT2D eigenvalue weighted by atomic mass is 10.4. The van der Waals surface area contributed by atoms with Crippen molar-refractivity contribution in [1.82, 2.24) is 9.97 Å². The minimum atomic E-state index is -0.965. The number of aromatic amines is 1. The first-order valence-corrected chi connectivity index (χ1v) is 3.44. The SMILES string of the molecule is O=C(O)c1cc2ncccc2[nH]1. The van der Waals surface area contributed by atoms with Gasteiger partial charge in [-0.2, -0.15) is 0 Å². The molecule has 2 rings (SSSR count). The Labute approximate surface area is 67.9 Å². The molecule has 60 valence electrons. The first kappa shape index (κ1) is 6.84. The second-order valence-corrected chi connectivity index (χ2v) is 2.42. The molecule has 0 fully saturated rings. The Kier molecular flexibility index (Phi) is 1.33. The molecule has 0 aliphatic carbocycles. The maximum Gasteiger partial charge on any atom is 0.352 e. The van der Waals surface area contributed by atoms with Gasteiger partial charge in [-0.3, -0.25) is 4.98 Å². The Bertz CT molecular complexity index is 400. The molecule has 0 bridgehead atoms. The van der Waals surface area contributed by atoms with Crippen molar-refractivity contribution in [3.05, 3.63) is 30.1 Å². The summed E-state index contributed by atoms with van der Waals surface area (Å²) in [4.78, 5) is 17.2. The van der Waals surface area contributed by atoms with Gasteiger partial charge in [0.25, 0.3) is 0 Å². The van der Waals surface area contributed by atoms with E-state index in [9.17, 15) is 4.79 Å². The van der Waals surface area contributed by atoms with Crippen LogP contribution in [0.1, 0.15) is 10.5 Å². The molecule has 4 heteroatoms. The molecule has 2 N–H and O–H groups in total. The van der Waals surface area contributed by atoms with Crippen molar-refractivity contribution in [1.29, 1.82) is 0 Å². The quantitative estimate of drug-likeness (QED) is 0.663. The van der Waals surface area contributed by atoms with Crippen molar-refractivity contribution >= 4 is 17.0 Å². The van der Waals surface area contributed by atoms with Gasteiger partial charge in [-0.05, 0) is 18.2 Å². The number of carboxylic acids is 1. The fourth-order valence-corrected chi connectivity index (χ4v) is 1.07. The van der Waals surface area contributed by atoms with Crippen molar-refractivity contribution in [3.8, 4) is 0 Å². The number of aromatic nitrogens is 2. The van der Waals surface area contributed by atoms with Crippen LogP contribution in [0.25, 0.3) is 11.0 Å². The molecule has 0 radical (unpaired) electrons. The molecule has 0 saturated heterocycles. The van der Waals surface area contributed by atoms with Crippen LogP contribution >= 0.6 is 0 Å². The summed E-state index contributed by atoms with van der Waals surface area (Å²) in [5.41, 5.74) is 1.59. The van der Waals surface area contributed by atoms with E-state index in [1.807, 2.05) is 0 Å². The van der Waals surface area contributed by atoms with Crippen LogP contribution < -0.4 is 0 Å². The molecule has 0 amide bonds. The molecule has 0 saturated carbocycles. The number of rotatable bonds is 1. The predicted molar refractivity (Wildman–Crippen MR) is 43.1 cm³/mol. The van der Waals surface area contributed by atoms with E-state index in [2.05, 4.69) is 9.97 Å². The van der Waals surface area contributed by atoms with Gasteiger partial charge in [0.2, 0.25) is 0 Å². The Hall–Kier alpha value is -1.84. The van der Waals surface area contributed by atoms with Crippen LogP contribution in [0.5, 0.6) is 0 Å². The van der Waals surface area contributed by atoms with Crippen LogP contribution in [0.4, 0.5) is 0 Å². The van der Waals surface area contributed by atoms with Crippen LogP contribution in [-0.4, -0.2) is 21.0 Å². The van der Waals surface area contributed by atoms with Crippen LogP contribution in [-0.2, 0) is 0 Å². The van der Waals surface area contributed by atoms with Crippen molar-refractivity contribution in [2.24, 2.45) is 0 Å². The van der Waals surface area contributed by atoms with Gasteiger partial charge >= 0.3 is 5.97 Å². The van der Waals surface area contributed by atoms with E-state index >= 15 is 0 Å². The average molecular weight is 162 g/mol. The predicted octanol–water partition coefficient (Wildman–Crippen LogP) is 1.26. The molecule has 4 nitrogen and oxygen atoms in total. The molecular weight excluding hydrogens is 156 g/mol. The number of H-pyrrole nitrogens is 1. The Balaban J connectivity index is 2.70. The standard InChI is InChI=1S/C8H6N2O2/c11-8(12)7-4-6-5(10-7)2-1-3-9-6/h1-4,10H,(H,11,12). The highest BCUT2D eigenvalue weighted by atomic mass is 16.4. The third-order valence-electron chi connectivity index (χ3n) is 1.62. The monoisotopic (exact) mass is 162 g/mol. The number of carbonyl (C=O) groups is 1. The van der Waals surface area contributed by atoms with Crippen LogP contribution in [0.3, 0.4) is 0 Å². The van der Waals surface area contributed by atoms with Gasteiger partial charge in [0.05, 0.1) is 11.0 Å². The largest absolute Gasteiger partial charge is 0.477 e. The molecule has 2 aromatic rings. The molecule has 2 aromatic heterocycles. The van der Waals surface area contributed by atoms with Crippen LogP contribution in [0, 0.1) is 0 Å². The maximum absolute atomic E-state index is 10.5. The third kappa shape index (κ3) is 0.934. The minimum Gasteiger partial charge on any atom is -0.477 e. The number of carboxylic acid groups (broad SMARTS) is 1. The van der Waals surface area contributed by atoms with E-state index in [1.54, 1.807) is 18.3 Å². The maximum atomic E-state index is 10.5. The van der Waals surface area contributed by atoms with Gasteiger partial charge in [-0.15, -0.1) is 0 Å². The fraction of sp³-hybridized carbons (Fsp3) is 0. The summed E-state index contributed by atoms with van der Waals surface area (Å²) in [5.74, 6) is -0.965. The first-order valence-electron chi connectivity index (χ1n) is 3.44. The molecule has 0 unspecified atom stereocenters. The van der Waals surface area contributed by atoms with Gasteiger partial charge in [-0.1, -0.05) is 0 Å². The van der Waals surface area contributed by atoms with E-state index in [1.165, 1.54) is 6.07 Å². The Morgan fingerprint density at radius 2 is 2.42 bits per heavy atom. The van der Waals surface area contributed by atoms with E-state index in [-0.39, 0.29) is 5.69 Å². The number of fused-ring (bicyclic) bond motifs is 1. The number of nitrogens with zero attached hydrogens (tertiary/aromatic N) is 1. The van der Waals surface area contributed by atoms with Gasteiger partial charge in [0, 0.05) is 6.20 Å². The number of nitrogens with one attached hydrogen (secondary N) is 1. The molecular formula is C8H6N2O2. The second kappa shape index (κ2) is 2.34. The van der Waals surface area contributed by atoms with Crippen molar-refractivity contribution < 1.29 is 9.90 Å². The molecule has 0 aromatic carbocycles. The van der Waals surface area contributed by atoms with E-state index in [4.69, 9.17) is 5.11 Å². The third-order valence-corrected chi connectivity index (χ3v) is 1.62. The lowest BCUT2D eigenvalue weighted by molar-refractivity contribution is 0.0691. The first-order chi connectivity index (χ1) is 5.77. The van der Waals surface area contributed by atoms with Crippen LogP contribution in [0.2, 0.25) is 0 Å². The van der Waals surface area contributed by atoms with E-state index in [0.29, 0.717) is 5.52 Å². The molecule has 0 atom stereocenters. The van der Waals surface area contributed by atoms with E-state index in [0.717, 1.165) is 5.52 Å². The summed E-state index contributed by atoms with van der Waals surface area (Å²) in [6.45, 7) is 0. The van der Waals surface area contributed by atoms with Gasteiger partial charge < -0.3 is 10.1 Å². The zero-order chi connectivity index (χ0) is 8.55. The van der Waals surface area contributed by atoms with Crippen molar-refractivity contribution in [3.63, 3.8) is 0 Å². The molecule has 0 spiro atoms. The zero-order valence-electron chi connectivity index (χ0n) is 6.11. The summed E-state index contributed by atoms with van der Waals surface area (Å²) in [7, 11) is 0. The summed E-state index contributed by atoms with van der Waals surface area (Å²) >= 11 is 0. The van der Waals surface area contributed by atoms with Crippen LogP contribution in [0.15, 0.2) is 24.4 Å². The summed E-state index contributed by atoms with van der Waals surface area (Å²) < 4.78 is 0. The average Bonchev–Trinajstić information content (AvgIpc) is 2.46. The van der Waals surface area contributed by atoms with Gasteiger partial charge in [-0.25, -0.2) is 4.79 Å². The Morgan fingerprint density at radius 3 is 3.08 bits per heavy atom. The van der Waals surface area contributed by atoms with Crippen molar-refractivity contribution in [2.45, 2.75) is 0 Å². The van der Waals surface area contributed by atoms with Crippen molar-refractivity contribution in [2.75, 3.05) is 0 Å². The topological polar surface area (TPSA) is 66.0 Å². The van der Waals surface area contributed by atoms with Gasteiger partial charge in [0.1, 0.15) is 5.69 Å². The Morgan fingerprint density at radius 1 is 1.58 bits per heavy atom. The second-order valence-electron chi connectivity index (χ2n) is 2.42. The number of aromatic carboxylic acids is 1. The molecule has 2 heterocycles. The van der Waals surface area contributed by atoms with Gasteiger partial charge in [0.15, 0.2) is 0 Å². The minimum absolute atomic E-state index is 0.170. The normalized spacial score (nSPS) is 10.3. The summed E-state index contributed by atoms with van der Waals surface area (Å²) in [6, 6.07) is 5.05. The zero-order valence-corrected chi connectivity index (χ0v) is 6.11. The van der Waals surface area contributed by atoms with E-state index < -0.39 is 5.97 Å².